The van der Waals surface area contributed by atoms with Crippen LogP contribution < -0.4 is 4.90 Å². The highest BCUT2D eigenvalue weighted by Crippen LogP contribution is 2.32. The zero-order chi connectivity index (χ0) is 17.4. The number of carbonyl (C=O) groups is 1. The number of anilines is 1. The number of fused-ring (bicyclic) bond motifs is 1. The maximum atomic E-state index is 12.2. The fourth-order valence-corrected chi connectivity index (χ4v) is 4.13. The number of carbonyl (C=O) groups excluding carboxylic acids is 1. The Morgan fingerprint density at radius 1 is 1.04 bits per heavy atom. The minimum atomic E-state index is 0.00432. The normalized spacial score (nSPS) is 20.0. The monoisotopic (exact) mass is 349 g/mol. The maximum Gasteiger partial charge on any atom is 0.266 e. The van der Waals surface area contributed by atoms with Gasteiger partial charge in [-0.1, -0.05) is 36.4 Å². The summed E-state index contributed by atoms with van der Waals surface area (Å²) < 4.78 is 0. The van der Waals surface area contributed by atoms with Gasteiger partial charge in [-0.2, -0.15) is 0 Å². The molecule has 2 heterocycles. The number of likely N-dealkylation sites (N-methyl/N-ethyl adjacent to an activating group) is 1. The van der Waals surface area contributed by atoms with E-state index in [0.29, 0.717) is 4.91 Å². The smallest absolute Gasteiger partial charge is 0.266 e. The topological polar surface area (TPSA) is 35.9 Å². The summed E-state index contributed by atoms with van der Waals surface area (Å²) in [4.78, 5) is 21.0. The molecule has 0 radical (unpaired) electrons. The van der Waals surface area contributed by atoms with E-state index in [4.69, 9.17) is 0 Å². The summed E-state index contributed by atoms with van der Waals surface area (Å²) in [6, 6.07) is 17.0. The molecule has 2 aromatic carbocycles. The second kappa shape index (κ2) is 6.41. The highest BCUT2D eigenvalue weighted by atomic mass is 32.2. The molecule has 1 fully saturated rings. The van der Waals surface area contributed by atoms with E-state index in [9.17, 15) is 4.79 Å². The molecule has 0 aromatic heterocycles. The zero-order valence-corrected chi connectivity index (χ0v) is 15.1. The SMILES string of the molecule is CN=C1S/C(=C/c2ccc(N3Cc4ccccc4C3)cc2)C(=O)N1C. The van der Waals surface area contributed by atoms with Gasteiger partial charge in [0.2, 0.25) is 0 Å². The van der Waals surface area contributed by atoms with Gasteiger partial charge in [-0.25, -0.2) is 0 Å². The van der Waals surface area contributed by atoms with Gasteiger partial charge in [-0.3, -0.25) is 14.7 Å². The van der Waals surface area contributed by atoms with Gasteiger partial charge >= 0.3 is 0 Å². The van der Waals surface area contributed by atoms with Crippen molar-refractivity contribution in [1.29, 1.82) is 0 Å². The molecular formula is C20H19N3OS. The van der Waals surface area contributed by atoms with Crippen LogP contribution in [0, 0.1) is 0 Å². The number of amidine groups is 1. The first kappa shape index (κ1) is 16.0. The molecule has 25 heavy (non-hydrogen) atoms. The van der Waals surface area contributed by atoms with Crippen molar-refractivity contribution in [3.05, 3.63) is 70.1 Å². The minimum Gasteiger partial charge on any atom is -0.363 e. The Hall–Kier alpha value is -2.53. The summed E-state index contributed by atoms with van der Waals surface area (Å²) in [5.74, 6) is 0.00432. The van der Waals surface area contributed by atoms with Crippen LogP contribution in [0.2, 0.25) is 0 Å². The molecule has 0 saturated carbocycles. The van der Waals surface area contributed by atoms with Gasteiger partial charge in [0, 0.05) is 32.9 Å². The molecule has 2 aliphatic rings. The molecule has 126 valence electrons. The lowest BCUT2D eigenvalue weighted by Gasteiger charge is -2.17. The third-order valence-corrected chi connectivity index (χ3v) is 5.74. The van der Waals surface area contributed by atoms with Crippen LogP contribution in [-0.2, 0) is 17.9 Å². The van der Waals surface area contributed by atoms with E-state index in [2.05, 4.69) is 58.4 Å². The molecule has 0 aliphatic carbocycles. The average molecular weight is 349 g/mol. The Morgan fingerprint density at radius 2 is 1.68 bits per heavy atom. The molecule has 0 spiro atoms. The summed E-state index contributed by atoms with van der Waals surface area (Å²) >= 11 is 1.42. The third-order valence-electron chi connectivity index (χ3n) is 4.59. The van der Waals surface area contributed by atoms with Gasteiger partial charge in [-0.05, 0) is 46.7 Å². The van der Waals surface area contributed by atoms with Crippen molar-refractivity contribution in [3.8, 4) is 0 Å². The number of hydrogen-bond donors (Lipinski definition) is 0. The zero-order valence-electron chi connectivity index (χ0n) is 14.3. The molecule has 4 rings (SSSR count). The Labute approximate surface area is 151 Å². The second-order valence-electron chi connectivity index (χ2n) is 6.20. The minimum absolute atomic E-state index is 0.00432. The van der Waals surface area contributed by atoms with E-state index in [1.165, 1.54) is 28.6 Å². The van der Waals surface area contributed by atoms with E-state index in [-0.39, 0.29) is 5.91 Å². The van der Waals surface area contributed by atoms with Crippen molar-refractivity contribution < 1.29 is 4.79 Å². The van der Waals surface area contributed by atoms with Crippen LogP contribution in [0.25, 0.3) is 6.08 Å². The number of amides is 1. The summed E-state index contributed by atoms with van der Waals surface area (Å²) in [5, 5.41) is 0.739. The van der Waals surface area contributed by atoms with Crippen molar-refractivity contribution in [2.24, 2.45) is 4.99 Å². The fourth-order valence-electron chi connectivity index (χ4n) is 3.20. The standard InChI is InChI=1S/C20H19N3OS/c1-21-20-22(2)19(24)18(25-20)11-14-7-9-17(10-8-14)23-12-15-5-3-4-6-16(15)13-23/h3-11H,12-13H2,1-2H3/b18-11+,21-20?. The number of benzene rings is 2. The van der Waals surface area contributed by atoms with Crippen LogP contribution >= 0.6 is 11.8 Å². The van der Waals surface area contributed by atoms with E-state index >= 15 is 0 Å². The molecule has 0 unspecified atom stereocenters. The molecule has 2 aliphatic heterocycles. The van der Waals surface area contributed by atoms with Crippen LogP contribution in [0.1, 0.15) is 16.7 Å². The molecule has 4 nitrogen and oxygen atoms in total. The van der Waals surface area contributed by atoms with Crippen molar-refractivity contribution in [2.75, 3.05) is 19.0 Å². The van der Waals surface area contributed by atoms with Gasteiger partial charge in [0.15, 0.2) is 5.17 Å². The number of nitrogens with zero attached hydrogens (tertiary/aromatic N) is 3. The lowest BCUT2D eigenvalue weighted by atomic mass is 10.1. The predicted octanol–water partition coefficient (Wildman–Crippen LogP) is 3.74. The highest BCUT2D eigenvalue weighted by molar-refractivity contribution is 8.18. The summed E-state index contributed by atoms with van der Waals surface area (Å²) in [6.07, 6.45) is 1.93. The average Bonchev–Trinajstić information content (AvgIpc) is 3.19. The van der Waals surface area contributed by atoms with Gasteiger partial charge in [0.25, 0.3) is 5.91 Å². The fraction of sp³-hybridized carbons (Fsp3) is 0.200. The van der Waals surface area contributed by atoms with Crippen LogP contribution in [0.3, 0.4) is 0 Å². The Bertz CT molecular complexity index is 861. The molecule has 2 aromatic rings. The summed E-state index contributed by atoms with van der Waals surface area (Å²) in [7, 11) is 3.46. The number of thioether (sulfide) groups is 1. The van der Waals surface area contributed by atoms with E-state index in [1.54, 1.807) is 19.0 Å². The number of aliphatic imine (C=N–C) groups is 1. The molecule has 0 atom stereocenters. The quantitative estimate of drug-likeness (QED) is 0.775. The van der Waals surface area contributed by atoms with Crippen LogP contribution in [-0.4, -0.2) is 30.1 Å². The Balaban J connectivity index is 1.52. The van der Waals surface area contributed by atoms with E-state index < -0.39 is 0 Å². The third kappa shape index (κ3) is 2.96. The first-order valence-electron chi connectivity index (χ1n) is 8.22. The molecule has 1 amide bonds. The molecule has 0 N–H and O–H groups in total. The predicted molar refractivity (Wildman–Crippen MR) is 104 cm³/mol. The van der Waals surface area contributed by atoms with Gasteiger partial charge < -0.3 is 4.90 Å². The number of hydrogen-bond acceptors (Lipinski definition) is 4. The van der Waals surface area contributed by atoms with Crippen molar-refractivity contribution >= 4 is 34.6 Å². The maximum absolute atomic E-state index is 12.2. The molecule has 0 bridgehead atoms. The lowest BCUT2D eigenvalue weighted by Crippen LogP contribution is -2.23. The van der Waals surface area contributed by atoms with Crippen LogP contribution in [0.4, 0.5) is 5.69 Å². The summed E-state index contributed by atoms with van der Waals surface area (Å²) in [5.41, 5.74) is 5.03. The van der Waals surface area contributed by atoms with E-state index in [1.807, 2.05) is 6.08 Å². The Kier molecular flexibility index (Phi) is 4.09. The van der Waals surface area contributed by atoms with Crippen molar-refractivity contribution in [3.63, 3.8) is 0 Å². The van der Waals surface area contributed by atoms with Gasteiger partial charge in [-0.15, -0.1) is 0 Å². The molecule has 5 heteroatoms. The Morgan fingerprint density at radius 3 is 2.24 bits per heavy atom. The molecular weight excluding hydrogens is 330 g/mol. The van der Waals surface area contributed by atoms with Crippen molar-refractivity contribution in [1.82, 2.24) is 4.90 Å². The highest BCUT2D eigenvalue weighted by Gasteiger charge is 2.29. The van der Waals surface area contributed by atoms with Gasteiger partial charge in [0.1, 0.15) is 0 Å². The lowest BCUT2D eigenvalue weighted by molar-refractivity contribution is -0.121. The van der Waals surface area contributed by atoms with Crippen LogP contribution in [0.15, 0.2) is 58.4 Å². The van der Waals surface area contributed by atoms with Gasteiger partial charge in [0.05, 0.1) is 4.91 Å². The number of rotatable bonds is 2. The van der Waals surface area contributed by atoms with Crippen LogP contribution in [0.5, 0.6) is 0 Å². The first-order valence-corrected chi connectivity index (χ1v) is 9.03. The first-order chi connectivity index (χ1) is 12.2. The summed E-state index contributed by atoms with van der Waals surface area (Å²) in [6.45, 7) is 1.90. The van der Waals surface area contributed by atoms with Crippen molar-refractivity contribution in [2.45, 2.75) is 13.1 Å². The van der Waals surface area contributed by atoms with E-state index in [0.717, 1.165) is 23.8 Å². The largest absolute Gasteiger partial charge is 0.363 e. The molecule has 1 saturated heterocycles. The second-order valence-corrected chi connectivity index (χ2v) is 7.21.